The zero-order valence-corrected chi connectivity index (χ0v) is 14.3. The molecule has 0 bridgehead atoms. The largest absolute Gasteiger partial charge is 0.377 e. The number of piperidine rings is 1. The predicted molar refractivity (Wildman–Crippen MR) is 92.1 cm³/mol. The number of carbonyl (C=O) groups excluding carboxylic acids is 1. The van der Waals surface area contributed by atoms with E-state index in [0.29, 0.717) is 17.6 Å². The Morgan fingerprint density at radius 1 is 1.29 bits per heavy atom. The molecule has 7 heteroatoms. The molecule has 7 nitrogen and oxygen atoms in total. The first-order valence-electron chi connectivity index (χ1n) is 8.95. The fraction of sp³-hybridized carbons (Fsp3) is 0.706. The standard InChI is InChI=1S/C17H27N5O2/c1-2-18-17-19-10-13(11-20-17)16(23)21-14-5-7-22(8-6-14)12-15-4-3-9-24-15/h10-11,14-15H,2-9,12H2,1H3,(H,21,23)(H,18,19,20)/t15-/m0/s1. The third-order valence-corrected chi connectivity index (χ3v) is 4.66. The molecule has 24 heavy (non-hydrogen) atoms. The molecule has 2 N–H and O–H groups in total. The van der Waals surface area contributed by atoms with Gasteiger partial charge in [0.05, 0.1) is 11.7 Å². The summed E-state index contributed by atoms with van der Waals surface area (Å²) in [5.41, 5.74) is 0.512. The van der Waals surface area contributed by atoms with Crippen LogP contribution in [-0.4, -0.2) is 65.7 Å². The van der Waals surface area contributed by atoms with Crippen molar-refractivity contribution >= 4 is 11.9 Å². The summed E-state index contributed by atoms with van der Waals surface area (Å²) in [6, 6.07) is 0.228. The first kappa shape index (κ1) is 17.1. The minimum atomic E-state index is -0.0874. The quantitative estimate of drug-likeness (QED) is 0.816. The fourth-order valence-corrected chi connectivity index (χ4v) is 3.30. The van der Waals surface area contributed by atoms with Gasteiger partial charge < -0.3 is 20.3 Å². The Morgan fingerprint density at radius 2 is 2.04 bits per heavy atom. The highest BCUT2D eigenvalue weighted by Gasteiger charge is 2.25. The third kappa shape index (κ3) is 4.64. The van der Waals surface area contributed by atoms with Crippen molar-refractivity contribution < 1.29 is 9.53 Å². The lowest BCUT2D eigenvalue weighted by Gasteiger charge is -2.33. The summed E-state index contributed by atoms with van der Waals surface area (Å²) >= 11 is 0. The van der Waals surface area contributed by atoms with Crippen molar-refractivity contribution in [3.8, 4) is 0 Å². The zero-order chi connectivity index (χ0) is 16.8. The van der Waals surface area contributed by atoms with Gasteiger partial charge in [-0.05, 0) is 32.6 Å². The molecule has 0 radical (unpaired) electrons. The summed E-state index contributed by atoms with van der Waals surface area (Å²) in [6.45, 7) is 6.71. The SMILES string of the molecule is CCNc1ncc(C(=O)NC2CCN(C[C@@H]3CCCO3)CC2)cn1. The van der Waals surface area contributed by atoms with Gasteiger partial charge in [-0.1, -0.05) is 0 Å². The fourth-order valence-electron chi connectivity index (χ4n) is 3.30. The molecule has 1 amide bonds. The average molecular weight is 333 g/mol. The van der Waals surface area contributed by atoms with E-state index in [-0.39, 0.29) is 11.9 Å². The lowest BCUT2D eigenvalue weighted by molar-refractivity contribution is 0.0613. The van der Waals surface area contributed by atoms with E-state index < -0.39 is 0 Å². The number of amides is 1. The first-order chi connectivity index (χ1) is 11.7. The lowest BCUT2D eigenvalue weighted by atomic mass is 10.0. The molecule has 1 aromatic heterocycles. The maximum absolute atomic E-state index is 12.3. The highest BCUT2D eigenvalue weighted by atomic mass is 16.5. The van der Waals surface area contributed by atoms with Crippen molar-refractivity contribution in [1.29, 1.82) is 0 Å². The van der Waals surface area contributed by atoms with Crippen LogP contribution in [0.4, 0.5) is 5.95 Å². The number of aromatic nitrogens is 2. The van der Waals surface area contributed by atoms with Crippen molar-refractivity contribution in [2.75, 3.05) is 38.1 Å². The Morgan fingerprint density at radius 3 is 2.67 bits per heavy atom. The van der Waals surface area contributed by atoms with E-state index in [0.717, 1.165) is 45.6 Å². The molecule has 2 aliphatic rings. The van der Waals surface area contributed by atoms with Gasteiger partial charge in [0.25, 0.3) is 5.91 Å². The molecule has 0 unspecified atom stereocenters. The van der Waals surface area contributed by atoms with Crippen LogP contribution >= 0.6 is 0 Å². The molecular weight excluding hydrogens is 306 g/mol. The van der Waals surface area contributed by atoms with E-state index in [1.807, 2.05) is 6.92 Å². The number of ether oxygens (including phenoxy) is 1. The highest BCUT2D eigenvalue weighted by molar-refractivity contribution is 5.93. The summed E-state index contributed by atoms with van der Waals surface area (Å²) in [7, 11) is 0. The summed E-state index contributed by atoms with van der Waals surface area (Å²) in [6.07, 6.45) is 7.89. The van der Waals surface area contributed by atoms with E-state index in [2.05, 4.69) is 25.5 Å². The third-order valence-electron chi connectivity index (χ3n) is 4.66. The van der Waals surface area contributed by atoms with Crippen LogP contribution in [-0.2, 0) is 4.74 Å². The van der Waals surface area contributed by atoms with Crippen LogP contribution in [0.15, 0.2) is 12.4 Å². The van der Waals surface area contributed by atoms with E-state index >= 15 is 0 Å². The number of anilines is 1. The van der Waals surface area contributed by atoms with Crippen LogP contribution in [0, 0.1) is 0 Å². The molecule has 1 atom stereocenters. The molecule has 3 rings (SSSR count). The van der Waals surface area contributed by atoms with E-state index in [9.17, 15) is 4.79 Å². The number of hydrogen-bond acceptors (Lipinski definition) is 6. The minimum absolute atomic E-state index is 0.0874. The second-order valence-electron chi connectivity index (χ2n) is 6.51. The molecule has 0 spiro atoms. The van der Waals surface area contributed by atoms with Crippen LogP contribution in [0.1, 0.15) is 43.0 Å². The molecule has 0 aliphatic carbocycles. The van der Waals surface area contributed by atoms with Gasteiger partial charge in [-0.3, -0.25) is 4.79 Å². The van der Waals surface area contributed by atoms with Crippen molar-refractivity contribution in [3.63, 3.8) is 0 Å². The number of hydrogen-bond donors (Lipinski definition) is 2. The maximum atomic E-state index is 12.3. The van der Waals surface area contributed by atoms with Gasteiger partial charge in [0.1, 0.15) is 0 Å². The molecule has 3 heterocycles. The Kier molecular flexibility index (Phi) is 5.98. The van der Waals surface area contributed by atoms with Gasteiger partial charge in [-0.15, -0.1) is 0 Å². The molecule has 0 saturated carbocycles. The van der Waals surface area contributed by atoms with Crippen molar-refractivity contribution in [3.05, 3.63) is 18.0 Å². The van der Waals surface area contributed by atoms with E-state index in [1.54, 1.807) is 12.4 Å². The maximum Gasteiger partial charge on any atom is 0.254 e. The number of nitrogens with zero attached hydrogens (tertiary/aromatic N) is 3. The van der Waals surface area contributed by atoms with Gasteiger partial charge >= 0.3 is 0 Å². The zero-order valence-electron chi connectivity index (χ0n) is 14.3. The van der Waals surface area contributed by atoms with Crippen molar-refractivity contribution in [1.82, 2.24) is 20.2 Å². The monoisotopic (exact) mass is 333 g/mol. The van der Waals surface area contributed by atoms with Gasteiger partial charge in [0.2, 0.25) is 5.95 Å². The Balaban J connectivity index is 1.42. The molecular formula is C17H27N5O2. The van der Waals surface area contributed by atoms with Crippen LogP contribution in [0.5, 0.6) is 0 Å². The molecule has 132 valence electrons. The van der Waals surface area contributed by atoms with Crippen LogP contribution in [0.2, 0.25) is 0 Å². The van der Waals surface area contributed by atoms with Crippen LogP contribution in [0.25, 0.3) is 0 Å². The minimum Gasteiger partial charge on any atom is -0.377 e. The van der Waals surface area contributed by atoms with Crippen LogP contribution < -0.4 is 10.6 Å². The predicted octanol–water partition coefficient (Wildman–Crippen LogP) is 1.28. The smallest absolute Gasteiger partial charge is 0.254 e. The highest BCUT2D eigenvalue weighted by Crippen LogP contribution is 2.17. The molecule has 2 saturated heterocycles. The molecule has 0 aromatic carbocycles. The first-order valence-corrected chi connectivity index (χ1v) is 8.95. The van der Waals surface area contributed by atoms with E-state index in [4.69, 9.17) is 4.74 Å². The Hall–Kier alpha value is -1.73. The van der Waals surface area contributed by atoms with Crippen molar-refractivity contribution in [2.45, 2.75) is 44.8 Å². The lowest BCUT2D eigenvalue weighted by Crippen LogP contribution is -2.46. The Labute approximate surface area is 143 Å². The molecule has 2 aliphatic heterocycles. The summed E-state index contributed by atoms with van der Waals surface area (Å²) in [5, 5.41) is 6.12. The van der Waals surface area contributed by atoms with E-state index in [1.165, 1.54) is 12.8 Å². The van der Waals surface area contributed by atoms with Gasteiger partial charge in [0.15, 0.2) is 0 Å². The summed E-state index contributed by atoms with van der Waals surface area (Å²) < 4.78 is 5.70. The number of rotatable bonds is 6. The van der Waals surface area contributed by atoms with Gasteiger partial charge in [-0.25, -0.2) is 9.97 Å². The average Bonchev–Trinajstić information content (AvgIpc) is 3.10. The summed E-state index contributed by atoms with van der Waals surface area (Å²) in [4.78, 5) is 23.0. The number of carbonyl (C=O) groups is 1. The Bertz CT molecular complexity index is 522. The second kappa shape index (κ2) is 8.39. The van der Waals surface area contributed by atoms with Gasteiger partial charge in [-0.2, -0.15) is 0 Å². The van der Waals surface area contributed by atoms with Crippen molar-refractivity contribution in [2.24, 2.45) is 0 Å². The normalized spacial score (nSPS) is 22.5. The molecule has 2 fully saturated rings. The second-order valence-corrected chi connectivity index (χ2v) is 6.51. The van der Waals surface area contributed by atoms with Crippen LogP contribution in [0.3, 0.4) is 0 Å². The van der Waals surface area contributed by atoms with Gasteiger partial charge in [0, 0.05) is 51.2 Å². The summed E-state index contributed by atoms with van der Waals surface area (Å²) in [5.74, 6) is 0.465. The molecule has 1 aromatic rings. The number of nitrogens with one attached hydrogen (secondary N) is 2. The number of likely N-dealkylation sites (tertiary alicyclic amines) is 1. The topological polar surface area (TPSA) is 79.4 Å².